The number of aryl methyl sites for hydroxylation is 1. The Labute approximate surface area is 155 Å². The average Bonchev–Trinajstić information content (AvgIpc) is 2.68. The number of halogens is 3. The van der Waals surface area contributed by atoms with E-state index in [1.54, 1.807) is 0 Å². The van der Waals surface area contributed by atoms with E-state index >= 15 is 0 Å². The summed E-state index contributed by atoms with van der Waals surface area (Å²) in [6, 6.07) is 9.50. The summed E-state index contributed by atoms with van der Waals surface area (Å²) < 4.78 is 45.7. The molecule has 0 spiro atoms. The molecular weight excluding hydrogens is 357 g/mol. The molecule has 1 atom stereocenters. The summed E-state index contributed by atoms with van der Waals surface area (Å²) in [5.74, 6) is -5.23. The summed E-state index contributed by atoms with van der Waals surface area (Å²) in [6.07, 6.45) is 0. The highest BCUT2D eigenvalue weighted by Crippen LogP contribution is 2.22. The summed E-state index contributed by atoms with van der Waals surface area (Å²) >= 11 is 0. The van der Waals surface area contributed by atoms with E-state index in [9.17, 15) is 18.0 Å². The molecule has 0 aromatic heterocycles. The van der Waals surface area contributed by atoms with Crippen molar-refractivity contribution < 1.29 is 22.7 Å². The molecule has 1 unspecified atom stereocenters. The quantitative estimate of drug-likeness (QED) is 0.813. The molecule has 1 heterocycles. The van der Waals surface area contributed by atoms with Gasteiger partial charge in [-0.3, -0.25) is 9.69 Å². The maximum Gasteiger partial charge on any atom is 0.254 e. The minimum Gasteiger partial charge on any atom is -0.379 e. The van der Waals surface area contributed by atoms with Crippen LogP contribution in [-0.2, 0) is 4.74 Å². The van der Waals surface area contributed by atoms with Crippen LogP contribution < -0.4 is 5.32 Å². The fourth-order valence-electron chi connectivity index (χ4n) is 3.12. The van der Waals surface area contributed by atoms with Crippen LogP contribution in [0.3, 0.4) is 0 Å². The van der Waals surface area contributed by atoms with Crippen LogP contribution in [0.15, 0.2) is 36.4 Å². The van der Waals surface area contributed by atoms with Crippen molar-refractivity contribution in [1.82, 2.24) is 10.2 Å². The molecule has 7 heteroatoms. The summed E-state index contributed by atoms with van der Waals surface area (Å²) in [6.45, 7) is 4.78. The Balaban J connectivity index is 1.77. The van der Waals surface area contributed by atoms with E-state index in [1.807, 2.05) is 31.2 Å². The number of morpholine rings is 1. The van der Waals surface area contributed by atoms with Crippen LogP contribution in [0.1, 0.15) is 27.5 Å². The SMILES string of the molecule is Cc1ccc(C(CNC(=O)c2ccc(F)c(F)c2F)N2CCOCC2)cc1. The lowest BCUT2D eigenvalue weighted by atomic mass is 10.0. The maximum absolute atomic E-state index is 13.9. The topological polar surface area (TPSA) is 41.6 Å². The molecule has 1 saturated heterocycles. The van der Waals surface area contributed by atoms with Gasteiger partial charge in [-0.2, -0.15) is 0 Å². The van der Waals surface area contributed by atoms with Gasteiger partial charge in [0.2, 0.25) is 0 Å². The number of benzene rings is 2. The van der Waals surface area contributed by atoms with Crippen molar-refractivity contribution in [2.45, 2.75) is 13.0 Å². The number of nitrogens with zero attached hydrogens (tertiary/aromatic N) is 1. The van der Waals surface area contributed by atoms with Gasteiger partial charge in [-0.05, 0) is 24.6 Å². The van der Waals surface area contributed by atoms with Crippen LogP contribution >= 0.6 is 0 Å². The maximum atomic E-state index is 13.9. The van der Waals surface area contributed by atoms with Crippen molar-refractivity contribution in [2.75, 3.05) is 32.8 Å². The fraction of sp³-hybridized carbons (Fsp3) is 0.350. The van der Waals surface area contributed by atoms with Gasteiger partial charge in [-0.15, -0.1) is 0 Å². The first kappa shape index (κ1) is 19.4. The molecule has 2 aromatic carbocycles. The van der Waals surface area contributed by atoms with Crippen LogP contribution in [0.5, 0.6) is 0 Å². The first-order valence-electron chi connectivity index (χ1n) is 8.77. The summed E-state index contributed by atoms with van der Waals surface area (Å²) in [7, 11) is 0. The number of carbonyl (C=O) groups is 1. The Hall–Kier alpha value is -2.38. The number of hydrogen-bond acceptors (Lipinski definition) is 3. The van der Waals surface area contributed by atoms with Crippen LogP contribution in [0, 0.1) is 24.4 Å². The highest BCUT2D eigenvalue weighted by atomic mass is 19.2. The average molecular weight is 378 g/mol. The second kappa shape index (κ2) is 8.54. The Kier molecular flexibility index (Phi) is 6.13. The highest BCUT2D eigenvalue weighted by Gasteiger charge is 2.25. The van der Waals surface area contributed by atoms with Gasteiger partial charge >= 0.3 is 0 Å². The van der Waals surface area contributed by atoms with Crippen molar-refractivity contribution in [2.24, 2.45) is 0 Å². The lowest BCUT2D eigenvalue weighted by Gasteiger charge is -2.35. The van der Waals surface area contributed by atoms with Gasteiger partial charge in [0.15, 0.2) is 17.5 Å². The normalized spacial score (nSPS) is 16.1. The van der Waals surface area contributed by atoms with Gasteiger partial charge in [-0.25, -0.2) is 13.2 Å². The van der Waals surface area contributed by atoms with E-state index < -0.39 is 28.9 Å². The second-order valence-corrected chi connectivity index (χ2v) is 6.51. The predicted octanol–water partition coefficient (Wildman–Crippen LogP) is 3.22. The number of amides is 1. The van der Waals surface area contributed by atoms with Crippen LogP contribution in [0.25, 0.3) is 0 Å². The summed E-state index contributed by atoms with van der Waals surface area (Å²) in [5, 5.41) is 2.65. The van der Waals surface area contributed by atoms with E-state index in [0.717, 1.165) is 23.3 Å². The number of carbonyl (C=O) groups excluding carboxylic acids is 1. The molecule has 0 bridgehead atoms. The van der Waals surface area contributed by atoms with Gasteiger partial charge in [0.1, 0.15) is 0 Å². The zero-order valence-electron chi connectivity index (χ0n) is 15.0. The monoisotopic (exact) mass is 378 g/mol. The van der Waals surface area contributed by atoms with Crippen LogP contribution in [0.4, 0.5) is 13.2 Å². The van der Waals surface area contributed by atoms with Crippen molar-refractivity contribution in [3.05, 3.63) is 70.5 Å². The molecule has 3 rings (SSSR count). The van der Waals surface area contributed by atoms with Crippen molar-refractivity contribution >= 4 is 5.91 Å². The molecular formula is C20H21F3N2O2. The Morgan fingerprint density at radius 2 is 1.74 bits per heavy atom. The fourth-order valence-corrected chi connectivity index (χ4v) is 3.12. The molecule has 0 radical (unpaired) electrons. The number of rotatable bonds is 5. The third-order valence-electron chi connectivity index (χ3n) is 4.68. The lowest BCUT2D eigenvalue weighted by Crippen LogP contribution is -2.44. The molecule has 1 N–H and O–H groups in total. The zero-order chi connectivity index (χ0) is 19.4. The lowest BCUT2D eigenvalue weighted by molar-refractivity contribution is 0.0162. The van der Waals surface area contributed by atoms with E-state index in [2.05, 4.69) is 10.2 Å². The van der Waals surface area contributed by atoms with Gasteiger partial charge in [0, 0.05) is 19.6 Å². The summed E-state index contributed by atoms with van der Waals surface area (Å²) in [4.78, 5) is 14.5. The van der Waals surface area contributed by atoms with Gasteiger partial charge in [0.25, 0.3) is 5.91 Å². The van der Waals surface area contributed by atoms with Crippen molar-refractivity contribution in [3.8, 4) is 0 Å². The second-order valence-electron chi connectivity index (χ2n) is 6.51. The number of hydrogen-bond donors (Lipinski definition) is 1. The van der Waals surface area contributed by atoms with Crippen LogP contribution in [0.2, 0.25) is 0 Å². The van der Waals surface area contributed by atoms with Gasteiger partial charge in [0.05, 0.1) is 24.8 Å². The zero-order valence-corrected chi connectivity index (χ0v) is 15.0. The Morgan fingerprint density at radius 3 is 2.41 bits per heavy atom. The standard InChI is InChI=1S/C20H21F3N2O2/c1-13-2-4-14(5-3-13)17(25-8-10-27-11-9-25)12-24-20(26)15-6-7-16(21)19(23)18(15)22/h2-7,17H,8-12H2,1H3,(H,24,26). The van der Waals surface area contributed by atoms with E-state index in [-0.39, 0.29) is 12.6 Å². The molecule has 1 aliphatic rings. The third kappa shape index (κ3) is 4.48. The van der Waals surface area contributed by atoms with Crippen molar-refractivity contribution in [1.29, 1.82) is 0 Å². The summed E-state index contributed by atoms with van der Waals surface area (Å²) in [5.41, 5.74) is 1.61. The van der Waals surface area contributed by atoms with Crippen LogP contribution in [-0.4, -0.2) is 43.7 Å². The third-order valence-corrected chi connectivity index (χ3v) is 4.68. The number of ether oxygens (including phenoxy) is 1. The highest BCUT2D eigenvalue weighted by molar-refractivity contribution is 5.94. The molecule has 0 aliphatic carbocycles. The van der Waals surface area contributed by atoms with Gasteiger partial charge < -0.3 is 10.1 Å². The first-order chi connectivity index (χ1) is 13.0. The van der Waals surface area contributed by atoms with Crippen molar-refractivity contribution in [3.63, 3.8) is 0 Å². The molecule has 1 aliphatic heterocycles. The molecule has 1 fully saturated rings. The van der Waals surface area contributed by atoms with E-state index in [4.69, 9.17) is 4.74 Å². The smallest absolute Gasteiger partial charge is 0.254 e. The van der Waals surface area contributed by atoms with E-state index in [1.165, 1.54) is 0 Å². The number of nitrogens with one attached hydrogen (secondary N) is 1. The molecule has 2 aromatic rings. The minimum atomic E-state index is -1.65. The molecule has 144 valence electrons. The molecule has 27 heavy (non-hydrogen) atoms. The Bertz CT molecular complexity index is 806. The van der Waals surface area contributed by atoms with Gasteiger partial charge in [-0.1, -0.05) is 29.8 Å². The first-order valence-corrected chi connectivity index (χ1v) is 8.77. The minimum absolute atomic E-state index is 0.133. The molecule has 1 amide bonds. The largest absolute Gasteiger partial charge is 0.379 e. The molecule has 4 nitrogen and oxygen atoms in total. The Morgan fingerprint density at radius 1 is 1.07 bits per heavy atom. The molecule has 0 saturated carbocycles. The van der Waals surface area contributed by atoms with E-state index in [0.29, 0.717) is 26.3 Å². The predicted molar refractivity (Wildman–Crippen MR) is 95.0 cm³/mol.